The number of Topliss-reactive ketones (excluding diaryl/α,β-unsaturated/α-hetero) is 1. The Morgan fingerprint density at radius 1 is 1.25 bits per heavy atom. The van der Waals surface area contributed by atoms with E-state index in [1.165, 1.54) is 0 Å². The van der Waals surface area contributed by atoms with E-state index in [0.717, 1.165) is 44.4 Å². The number of halogens is 1. The van der Waals surface area contributed by atoms with Gasteiger partial charge >= 0.3 is 5.97 Å². The van der Waals surface area contributed by atoms with Gasteiger partial charge in [0.1, 0.15) is 5.60 Å². The van der Waals surface area contributed by atoms with Crippen molar-refractivity contribution >= 4 is 33.4 Å². The second-order valence-electron chi connectivity index (χ2n) is 5.47. The van der Waals surface area contributed by atoms with Gasteiger partial charge in [-0.1, -0.05) is 21.1 Å². The smallest absolute Gasteiger partial charge is 0.364 e. The predicted octanol–water partition coefficient (Wildman–Crippen LogP) is 2.61. The summed E-state index contributed by atoms with van der Waals surface area (Å²) in [5.74, 6) is -0.305. The first-order chi connectivity index (χ1) is 9.60. The molecule has 0 heterocycles. The first-order valence-electron chi connectivity index (χ1n) is 7.12. The minimum absolute atomic E-state index is 0.0308. The van der Waals surface area contributed by atoms with E-state index in [1.54, 1.807) is 6.92 Å². The van der Waals surface area contributed by atoms with Gasteiger partial charge in [0.25, 0.3) is 0 Å². The number of esters is 1. The number of nitrogens with zero attached hydrogens (tertiary/aromatic N) is 1. The average Bonchev–Trinajstić information content (AvgIpc) is 2.49. The zero-order valence-corrected chi connectivity index (χ0v) is 13.3. The molecular formula is C14H20BrNO4. The van der Waals surface area contributed by atoms with Crippen LogP contribution in [0.25, 0.3) is 0 Å². The quantitative estimate of drug-likeness (QED) is 0.244. The highest BCUT2D eigenvalue weighted by Gasteiger charge is 2.43. The zero-order valence-electron chi connectivity index (χ0n) is 11.7. The Bertz CT molecular complexity index is 400. The molecule has 3 aliphatic carbocycles. The molecule has 0 atom stereocenters. The van der Waals surface area contributed by atoms with Crippen LogP contribution in [-0.2, 0) is 19.2 Å². The maximum atomic E-state index is 11.7. The molecule has 0 N–H and O–H groups in total. The summed E-state index contributed by atoms with van der Waals surface area (Å²) in [7, 11) is 0. The Labute approximate surface area is 127 Å². The lowest BCUT2D eigenvalue weighted by molar-refractivity contribution is -0.137. The molecule has 3 aliphatic rings. The molecule has 0 radical (unpaired) electrons. The fourth-order valence-electron chi connectivity index (χ4n) is 2.95. The van der Waals surface area contributed by atoms with Crippen LogP contribution in [0.3, 0.4) is 0 Å². The number of ether oxygens (including phenoxy) is 1. The molecule has 0 saturated heterocycles. The van der Waals surface area contributed by atoms with E-state index >= 15 is 0 Å². The third-order valence-corrected chi connectivity index (χ3v) is 4.72. The van der Waals surface area contributed by atoms with Crippen molar-refractivity contribution in [3.63, 3.8) is 0 Å². The number of carbonyl (C=O) groups is 2. The lowest BCUT2D eigenvalue weighted by atomic mass is 9.68. The Morgan fingerprint density at radius 2 is 1.85 bits per heavy atom. The molecule has 0 aliphatic heterocycles. The summed E-state index contributed by atoms with van der Waals surface area (Å²) >= 11 is 3.05. The van der Waals surface area contributed by atoms with Crippen LogP contribution in [0, 0.1) is 5.92 Å². The lowest BCUT2D eigenvalue weighted by Gasteiger charge is -2.44. The van der Waals surface area contributed by atoms with Gasteiger partial charge in [0.15, 0.2) is 0 Å². The monoisotopic (exact) mass is 345 g/mol. The fourth-order valence-corrected chi connectivity index (χ4v) is 3.22. The van der Waals surface area contributed by atoms with Gasteiger partial charge in [0.05, 0.1) is 11.9 Å². The summed E-state index contributed by atoms with van der Waals surface area (Å²) in [6.07, 6.45) is 6.32. The van der Waals surface area contributed by atoms with Gasteiger partial charge < -0.3 is 9.57 Å². The maximum Gasteiger partial charge on any atom is 0.364 e. The summed E-state index contributed by atoms with van der Waals surface area (Å²) in [5, 5.41) is 3.90. The first kappa shape index (κ1) is 15.5. The molecule has 20 heavy (non-hydrogen) atoms. The molecule has 0 spiro atoms. The number of alkyl halides is 1. The van der Waals surface area contributed by atoms with Crippen LogP contribution >= 0.6 is 15.9 Å². The molecule has 0 unspecified atom stereocenters. The molecule has 6 heteroatoms. The second-order valence-corrected chi connectivity index (χ2v) is 6.03. The molecule has 3 rings (SSSR count). The van der Waals surface area contributed by atoms with Crippen LogP contribution in [0.15, 0.2) is 5.16 Å². The van der Waals surface area contributed by atoms with Crippen molar-refractivity contribution < 1.29 is 19.2 Å². The molecular weight excluding hydrogens is 326 g/mol. The van der Waals surface area contributed by atoms with E-state index in [9.17, 15) is 9.59 Å². The summed E-state index contributed by atoms with van der Waals surface area (Å²) in [6.45, 7) is 1.90. The van der Waals surface area contributed by atoms with Gasteiger partial charge in [0, 0.05) is 0 Å². The van der Waals surface area contributed by atoms with Gasteiger partial charge in [-0.25, -0.2) is 4.79 Å². The fraction of sp³-hybridized carbons (Fsp3) is 0.786. The second kappa shape index (κ2) is 6.70. The van der Waals surface area contributed by atoms with Crippen LogP contribution in [0.2, 0.25) is 0 Å². The number of ketones is 1. The van der Waals surface area contributed by atoms with Gasteiger partial charge in [-0.2, -0.15) is 0 Å². The molecule has 112 valence electrons. The van der Waals surface area contributed by atoms with Crippen LogP contribution in [0.1, 0.15) is 45.4 Å². The van der Waals surface area contributed by atoms with Gasteiger partial charge in [-0.05, 0) is 51.4 Å². The van der Waals surface area contributed by atoms with Crippen molar-refractivity contribution in [3.8, 4) is 0 Å². The molecule has 3 saturated carbocycles. The largest absolute Gasteiger partial charge is 0.461 e. The summed E-state index contributed by atoms with van der Waals surface area (Å²) in [5.41, 5.74) is -0.523. The molecule has 2 bridgehead atoms. The normalized spacial score (nSPS) is 29.1. The molecule has 3 fully saturated rings. The van der Waals surface area contributed by atoms with Crippen LogP contribution in [0.4, 0.5) is 0 Å². The summed E-state index contributed by atoms with van der Waals surface area (Å²) in [6, 6.07) is 0. The highest BCUT2D eigenvalue weighted by atomic mass is 79.9. The standard InChI is InChI=1S/C14H20BrNO4/c1-2-19-13(18)12(11(17)9-15)16-20-14-6-3-10(4-7-14)5-8-14/h10H,2-9H2,1H3/b16-12-. The van der Waals surface area contributed by atoms with Crippen molar-refractivity contribution in [2.24, 2.45) is 11.1 Å². The first-order valence-corrected chi connectivity index (χ1v) is 8.25. The number of hydrogen-bond acceptors (Lipinski definition) is 5. The molecule has 0 aromatic rings. The van der Waals surface area contributed by atoms with E-state index in [4.69, 9.17) is 9.57 Å². The van der Waals surface area contributed by atoms with Crippen LogP contribution in [-0.4, -0.2) is 35.0 Å². The molecule has 0 aromatic carbocycles. The van der Waals surface area contributed by atoms with Crippen molar-refractivity contribution in [2.75, 3.05) is 11.9 Å². The van der Waals surface area contributed by atoms with Gasteiger partial charge in [-0.15, -0.1) is 0 Å². The van der Waals surface area contributed by atoms with Crippen LogP contribution in [0.5, 0.6) is 0 Å². The zero-order chi connectivity index (χ0) is 14.6. The third kappa shape index (κ3) is 3.40. The van der Waals surface area contributed by atoms with Crippen molar-refractivity contribution in [1.82, 2.24) is 0 Å². The lowest BCUT2D eigenvalue weighted by Crippen LogP contribution is -2.42. The Kier molecular flexibility index (Phi) is 5.18. The molecule has 5 nitrogen and oxygen atoms in total. The molecule has 0 aromatic heterocycles. The van der Waals surface area contributed by atoms with E-state index in [-0.39, 0.29) is 23.2 Å². The van der Waals surface area contributed by atoms with E-state index < -0.39 is 11.8 Å². The Balaban J connectivity index is 2.08. The highest BCUT2D eigenvalue weighted by molar-refractivity contribution is 9.09. The summed E-state index contributed by atoms with van der Waals surface area (Å²) < 4.78 is 4.85. The van der Waals surface area contributed by atoms with E-state index in [2.05, 4.69) is 21.1 Å². The van der Waals surface area contributed by atoms with Gasteiger partial charge in [0.2, 0.25) is 11.5 Å². The topological polar surface area (TPSA) is 65.0 Å². The highest BCUT2D eigenvalue weighted by Crippen LogP contribution is 2.46. The third-order valence-electron chi connectivity index (χ3n) is 4.21. The summed E-state index contributed by atoms with van der Waals surface area (Å²) in [4.78, 5) is 29.1. The van der Waals surface area contributed by atoms with Crippen LogP contribution < -0.4 is 0 Å². The Morgan fingerprint density at radius 3 is 2.35 bits per heavy atom. The Hall–Kier alpha value is -0.910. The maximum absolute atomic E-state index is 11.7. The SMILES string of the molecule is CCOC(=O)/C(=N\OC12CCC(CC1)CC2)C(=O)CBr. The number of oxime groups is 1. The van der Waals surface area contributed by atoms with Crippen molar-refractivity contribution in [3.05, 3.63) is 0 Å². The average molecular weight is 346 g/mol. The minimum atomic E-state index is -0.710. The van der Waals surface area contributed by atoms with Gasteiger partial charge in [-0.3, -0.25) is 4.79 Å². The number of rotatable bonds is 6. The minimum Gasteiger partial charge on any atom is -0.461 e. The number of fused-ring (bicyclic) bond motifs is 3. The number of hydrogen-bond donors (Lipinski definition) is 0. The van der Waals surface area contributed by atoms with E-state index in [0.29, 0.717) is 0 Å². The number of carbonyl (C=O) groups excluding carboxylic acids is 2. The molecule has 0 amide bonds. The van der Waals surface area contributed by atoms with E-state index in [1.807, 2.05) is 0 Å². The predicted molar refractivity (Wildman–Crippen MR) is 77.9 cm³/mol. The van der Waals surface area contributed by atoms with Crippen molar-refractivity contribution in [2.45, 2.75) is 51.0 Å². The van der Waals surface area contributed by atoms with Crippen molar-refractivity contribution in [1.29, 1.82) is 0 Å².